The molecule has 2 nitrogen and oxygen atoms in total. The SMILES string of the molecule is C=C1C=NC[C@@H](C)CN1. The van der Waals surface area contributed by atoms with Crippen LogP contribution < -0.4 is 5.32 Å². The maximum Gasteiger partial charge on any atom is 0.0448 e. The summed E-state index contributed by atoms with van der Waals surface area (Å²) in [5.74, 6) is 0.639. The van der Waals surface area contributed by atoms with E-state index in [9.17, 15) is 0 Å². The lowest BCUT2D eigenvalue weighted by molar-refractivity contribution is 0.575. The Morgan fingerprint density at radius 1 is 1.89 bits per heavy atom. The predicted octanol–water partition coefficient (Wildman–Crippen LogP) is 0.810. The third-order valence-corrected chi connectivity index (χ3v) is 1.34. The van der Waals surface area contributed by atoms with Crippen molar-refractivity contribution < 1.29 is 0 Å². The third kappa shape index (κ3) is 1.88. The van der Waals surface area contributed by atoms with E-state index in [0.29, 0.717) is 5.92 Å². The van der Waals surface area contributed by atoms with E-state index in [4.69, 9.17) is 0 Å². The van der Waals surface area contributed by atoms with Crippen molar-refractivity contribution in [3.8, 4) is 0 Å². The normalized spacial score (nSPS) is 27.2. The topological polar surface area (TPSA) is 24.4 Å². The fourth-order valence-electron chi connectivity index (χ4n) is 0.758. The van der Waals surface area contributed by atoms with Gasteiger partial charge in [0.1, 0.15) is 0 Å². The Labute approximate surface area is 55.7 Å². The summed E-state index contributed by atoms with van der Waals surface area (Å²) in [5, 5.41) is 3.15. The monoisotopic (exact) mass is 124 g/mol. The van der Waals surface area contributed by atoms with Gasteiger partial charge in [0.15, 0.2) is 0 Å². The molecular formula is C7H12N2. The van der Waals surface area contributed by atoms with Crippen molar-refractivity contribution in [3.05, 3.63) is 12.3 Å². The van der Waals surface area contributed by atoms with Crippen LogP contribution in [0.5, 0.6) is 0 Å². The lowest BCUT2D eigenvalue weighted by Crippen LogP contribution is -2.19. The number of rotatable bonds is 0. The van der Waals surface area contributed by atoms with Crippen LogP contribution in [0.25, 0.3) is 0 Å². The summed E-state index contributed by atoms with van der Waals surface area (Å²) in [6.07, 6.45) is 1.80. The Balaban J connectivity index is 2.48. The summed E-state index contributed by atoms with van der Waals surface area (Å²) in [6, 6.07) is 0. The number of nitrogens with zero attached hydrogens (tertiary/aromatic N) is 1. The van der Waals surface area contributed by atoms with E-state index in [1.807, 2.05) is 0 Å². The van der Waals surface area contributed by atoms with Gasteiger partial charge < -0.3 is 5.32 Å². The minimum absolute atomic E-state index is 0.639. The molecule has 0 fully saturated rings. The molecule has 0 aromatic carbocycles. The molecule has 1 atom stereocenters. The molecule has 1 aliphatic heterocycles. The summed E-state index contributed by atoms with van der Waals surface area (Å²) in [7, 11) is 0. The van der Waals surface area contributed by atoms with Crippen LogP contribution in [-0.2, 0) is 0 Å². The standard InChI is InChI=1S/C7H12N2/c1-6-3-8-5-7(2)9-4-6/h5-6,9H,2-4H2,1H3/t6-/m1/s1. The van der Waals surface area contributed by atoms with Crippen molar-refractivity contribution in [2.24, 2.45) is 10.9 Å². The minimum Gasteiger partial charge on any atom is -0.384 e. The number of nitrogens with one attached hydrogen (secondary N) is 1. The Hall–Kier alpha value is -0.790. The molecule has 50 valence electrons. The Morgan fingerprint density at radius 3 is 3.44 bits per heavy atom. The summed E-state index contributed by atoms with van der Waals surface area (Å²) in [5.41, 5.74) is 0.930. The molecule has 1 heterocycles. The van der Waals surface area contributed by atoms with Crippen molar-refractivity contribution in [2.75, 3.05) is 13.1 Å². The zero-order valence-electron chi connectivity index (χ0n) is 5.72. The highest BCUT2D eigenvalue weighted by Crippen LogP contribution is 1.97. The molecule has 2 heteroatoms. The van der Waals surface area contributed by atoms with Gasteiger partial charge in [0, 0.05) is 25.0 Å². The average molecular weight is 124 g/mol. The molecule has 0 aromatic rings. The predicted molar refractivity (Wildman–Crippen MR) is 39.7 cm³/mol. The van der Waals surface area contributed by atoms with Crippen molar-refractivity contribution in [3.63, 3.8) is 0 Å². The molecule has 1 rings (SSSR count). The average Bonchev–Trinajstić information content (AvgIpc) is 1.97. The van der Waals surface area contributed by atoms with Crippen LogP contribution >= 0.6 is 0 Å². The highest BCUT2D eigenvalue weighted by Gasteiger charge is 2.02. The molecular weight excluding hydrogens is 112 g/mol. The number of hydrogen-bond donors (Lipinski definition) is 1. The van der Waals surface area contributed by atoms with Gasteiger partial charge in [-0.25, -0.2) is 0 Å². The van der Waals surface area contributed by atoms with Crippen LogP contribution in [0.3, 0.4) is 0 Å². The zero-order valence-corrected chi connectivity index (χ0v) is 5.72. The molecule has 0 amide bonds. The largest absolute Gasteiger partial charge is 0.384 e. The quantitative estimate of drug-likeness (QED) is 0.507. The first kappa shape index (κ1) is 6.33. The van der Waals surface area contributed by atoms with Gasteiger partial charge in [-0.3, -0.25) is 4.99 Å². The molecule has 0 spiro atoms. The lowest BCUT2D eigenvalue weighted by atomic mass is 10.2. The van der Waals surface area contributed by atoms with Crippen LogP contribution in [0.4, 0.5) is 0 Å². The second kappa shape index (κ2) is 2.67. The van der Waals surface area contributed by atoms with Crippen LogP contribution in [0, 0.1) is 5.92 Å². The summed E-state index contributed by atoms with van der Waals surface area (Å²) < 4.78 is 0. The van der Waals surface area contributed by atoms with E-state index in [1.54, 1.807) is 6.21 Å². The summed E-state index contributed by atoms with van der Waals surface area (Å²) >= 11 is 0. The van der Waals surface area contributed by atoms with Crippen molar-refractivity contribution in [1.29, 1.82) is 0 Å². The molecule has 0 saturated heterocycles. The van der Waals surface area contributed by atoms with E-state index >= 15 is 0 Å². The first-order chi connectivity index (χ1) is 4.29. The Kier molecular flexibility index (Phi) is 1.88. The maximum absolute atomic E-state index is 4.15. The van der Waals surface area contributed by atoms with Gasteiger partial charge in [-0.15, -0.1) is 0 Å². The maximum atomic E-state index is 4.15. The van der Waals surface area contributed by atoms with Crippen molar-refractivity contribution in [1.82, 2.24) is 5.32 Å². The van der Waals surface area contributed by atoms with Gasteiger partial charge in [-0.1, -0.05) is 13.5 Å². The van der Waals surface area contributed by atoms with Crippen LogP contribution in [0.1, 0.15) is 6.92 Å². The lowest BCUT2D eigenvalue weighted by Gasteiger charge is -2.05. The highest BCUT2D eigenvalue weighted by molar-refractivity contribution is 5.76. The highest BCUT2D eigenvalue weighted by atomic mass is 14.9. The first-order valence-electron chi connectivity index (χ1n) is 3.21. The molecule has 9 heavy (non-hydrogen) atoms. The van der Waals surface area contributed by atoms with E-state index in [2.05, 4.69) is 23.8 Å². The van der Waals surface area contributed by atoms with Crippen LogP contribution in [-0.4, -0.2) is 19.3 Å². The second-order valence-corrected chi connectivity index (χ2v) is 2.51. The number of hydrogen-bond acceptors (Lipinski definition) is 2. The molecule has 1 N–H and O–H groups in total. The fraction of sp³-hybridized carbons (Fsp3) is 0.571. The van der Waals surface area contributed by atoms with Gasteiger partial charge >= 0.3 is 0 Å². The second-order valence-electron chi connectivity index (χ2n) is 2.51. The molecule has 0 aliphatic carbocycles. The van der Waals surface area contributed by atoms with Gasteiger partial charge in [0.05, 0.1) is 0 Å². The first-order valence-corrected chi connectivity index (χ1v) is 3.21. The van der Waals surface area contributed by atoms with E-state index in [-0.39, 0.29) is 0 Å². The molecule has 0 bridgehead atoms. The third-order valence-electron chi connectivity index (χ3n) is 1.34. The van der Waals surface area contributed by atoms with Crippen LogP contribution in [0.2, 0.25) is 0 Å². The van der Waals surface area contributed by atoms with Crippen molar-refractivity contribution in [2.45, 2.75) is 6.92 Å². The Morgan fingerprint density at radius 2 is 2.67 bits per heavy atom. The Bertz CT molecular complexity index is 138. The molecule has 0 saturated carbocycles. The van der Waals surface area contributed by atoms with Gasteiger partial charge in [0.25, 0.3) is 0 Å². The summed E-state index contributed by atoms with van der Waals surface area (Å²) in [6.45, 7) is 7.84. The van der Waals surface area contributed by atoms with Gasteiger partial charge in [-0.05, 0) is 5.92 Å². The van der Waals surface area contributed by atoms with Crippen molar-refractivity contribution >= 4 is 6.21 Å². The van der Waals surface area contributed by atoms with Crippen LogP contribution in [0.15, 0.2) is 17.3 Å². The van der Waals surface area contributed by atoms with Gasteiger partial charge in [0.2, 0.25) is 0 Å². The molecule has 1 aliphatic rings. The fourth-order valence-corrected chi connectivity index (χ4v) is 0.758. The van der Waals surface area contributed by atoms with Gasteiger partial charge in [-0.2, -0.15) is 0 Å². The molecule has 0 radical (unpaired) electrons. The molecule has 0 unspecified atom stereocenters. The summed E-state index contributed by atoms with van der Waals surface area (Å²) in [4.78, 5) is 4.15. The number of aliphatic imine (C=N–C) groups is 1. The smallest absolute Gasteiger partial charge is 0.0448 e. The zero-order chi connectivity index (χ0) is 6.69. The van der Waals surface area contributed by atoms with E-state index < -0.39 is 0 Å². The van der Waals surface area contributed by atoms with E-state index in [0.717, 1.165) is 18.8 Å². The molecule has 0 aromatic heterocycles. The minimum atomic E-state index is 0.639. The number of allylic oxidation sites excluding steroid dienone is 1. The van der Waals surface area contributed by atoms with E-state index in [1.165, 1.54) is 0 Å².